The number of aliphatic hydroxyl groups excluding tert-OH is 1. The maximum atomic E-state index is 10.7. The highest BCUT2D eigenvalue weighted by atomic mass is 16.5. The predicted molar refractivity (Wildman–Crippen MR) is 74.0 cm³/mol. The number of rotatable bonds is 10. The van der Waals surface area contributed by atoms with Crippen molar-refractivity contribution in [2.75, 3.05) is 20.3 Å². The van der Waals surface area contributed by atoms with Gasteiger partial charge in [-0.05, 0) is 31.0 Å². The second-order valence-corrected chi connectivity index (χ2v) is 4.37. The summed E-state index contributed by atoms with van der Waals surface area (Å²) in [6.07, 6.45) is 5.91. The van der Waals surface area contributed by atoms with Crippen molar-refractivity contribution in [3.8, 4) is 11.5 Å². The molecule has 1 N–H and O–H groups in total. The smallest absolute Gasteiger partial charge is 0.161 e. The number of benzene rings is 1. The standard InChI is InChI=1S/C15H22O4/c1-18-15-11-13(12-17)7-8-14(15)19-10-6-4-2-3-5-9-16/h7-8,11-12,16H,2-6,9-10H2,1H3. The van der Waals surface area contributed by atoms with Gasteiger partial charge in [0, 0.05) is 12.2 Å². The highest BCUT2D eigenvalue weighted by Gasteiger charge is 2.05. The Morgan fingerprint density at radius 2 is 1.84 bits per heavy atom. The lowest BCUT2D eigenvalue weighted by atomic mass is 10.1. The predicted octanol–water partition coefficient (Wildman–Crippen LogP) is 2.83. The van der Waals surface area contributed by atoms with Crippen molar-refractivity contribution in [1.82, 2.24) is 0 Å². The molecule has 0 spiro atoms. The van der Waals surface area contributed by atoms with Gasteiger partial charge in [0.15, 0.2) is 11.5 Å². The first-order valence-electron chi connectivity index (χ1n) is 6.68. The summed E-state index contributed by atoms with van der Waals surface area (Å²) in [4.78, 5) is 10.7. The van der Waals surface area contributed by atoms with E-state index in [1.54, 1.807) is 25.3 Å². The average Bonchev–Trinajstić information content (AvgIpc) is 2.46. The molecule has 4 nitrogen and oxygen atoms in total. The Morgan fingerprint density at radius 1 is 1.11 bits per heavy atom. The molecule has 0 bridgehead atoms. The van der Waals surface area contributed by atoms with Gasteiger partial charge in [-0.15, -0.1) is 0 Å². The van der Waals surface area contributed by atoms with Gasteiger partial charge in [0.2, 0.25) is 0 Å². The third kappa shape index (κ3) is 5.75. The monoisotopic (exact) mass is 266 g/mol. The Balaban J connectivity index is 2.30. The minimum Gasteiger partial charge on any atom is -0.493 e. The summed E-state index contributed by atoms with van der Waals surface area (Å²) in [5.41, 5.74) is 0.577. The van der Waals surface area contributed by atoms with Crippen LogP contribution >= 0.6 is 0 Å². The Bertz CT molecular complexity index is 376. The van der Waals surface area contributed by atoms with E-state index in [2.05, 4.69) is 0 Å². The molecule has 1 aromatic rings. The van der Waals surface area contributed by atoms with Crippen LogP contribution in [0.25, 0.3) is 0 Å². The van der Waals surface area contributed by atoms with Crippen LogP contribution in [0.15, 0.2) is 18.2 Å². The van der Waals surface area contributed by atoms with E-state index in [-0.39, 0.29) is 6.61 Å². The summed E-state index contributed by atoms with van der Waals surface area (Å²) in [6.45, 7) is 0.909. The van der Waals surface area contributed by atoms with E-state index >= 15 is 0 Å². The Hall–Kier alpha value is -1.55. The van der Waals surface area contributed by atoms with E-state index in [0.717, 1.165) is 38.4 Å². The molecule has 0 aromatic heterocycles. The van der Waals surface area contributed by atoms with Crippen LogP contribution in [0.1, 0.15) is 42.5 Å². The van der Waals surface area contributed by atoms with Gasteiger partial charge in [-0.3, -0.25) is 4.79 Å². The Labute approximate surface area is 114 Å². The molecule has 4 heteroatoms. The largest absolute Gasteiger partial charge is 0.493 e. The molecule has 0 radical (unpaired) electrons. The molecule has 0 saturated carbocycles. The SMILES string of the molecule is COc1cc(C=O)ccc1OCCCCCCCO. The third-order valence-corrected chi connectivity index (χ3v) is 2.88. The number of hydrogen-bond acceptors (Lipinski definition) is 4. The fraction of sp³-hybridized carbons (Fsp3) is 0.533. The first-order chi connectivity index (χ1) is 9.31. The van der Waals surface area contributed by atoms with Crippen molar-refractivity contribution in [1.29, 1.82) is 0 Å². The van der Waals surface area contributed by atoms with Crippen LogP contribution in [0.5, 0.6) is 11.5 Å². The minimum absolute atomic E-state index is 0.275. The Kier molecular flexibility index (Phi) is 7.66. The molecule has 0 fully saturated rings. The van der Waals surface area contributed by atoms with E-state index in [4.69, 9.17) is 14.6 Å². The van der Waals surface area contributed by atoms with Crippen LogP contribution < -0.4 is 9.47 Å². The van der Waals surface area contributed by atoms with E-state index < -0.39 is 0 Å². The highest BCUT2D eigenvalue weighted by Crippen LogP contribution is 2.27. The molecule has 0 unspecified atom stereocenters. The van der Waals surface area contributed by atoms with Gasteiger partial charge in [-0.1, -0.05) is 19.3 Å². The lowest BCUT2D eigenvalue weighted by Gasteiger charge is -2.10. The molecule has 0 aliphatic carbocycles. The molecule has 0 aliphatic heterocycles. The van der Waals surface area contributed by atoms with E-state index in [9.17, 15) is 4.79 Å². The molecule has 1 aromatic carbocycles. The number of ether oxygens (including phenoxy) is 2. The molecular formula is C15H22O4. The summed E-state index contributed by atoms with van der Waals surface area (Å²) < 4.78 is 10.8. The van der Waals surface area contributed by atoms with Crippen molar-refractivity contribution < 1.29 is 19.4 Å². The van der Waals surface area contributed by atoms with E-state index in [1.165, 1.54) is 0 Å². The van der Waals surface area contributed by atoms with E-state index in [1.807, 2.05) is 0 Å². The number of carbonyl (C=O) groups excluding carboxylic acids is 1. The third-order valence-electron chi connectivity index (χ3n) is 2.88. The number of hydrogen-bond donors (Lipinski definition) is 1. The molecule has 0 atom stereocenters. The number of aliphatic hydroxyl groups is 1. The first kappa shape index (κ1) is 15.5. The van der Waals surface area contributed by atoms with Crippen molar-refractivity contribution >= 4 is 6.29 Å². The summed E-state index contributed by atoms with van der Waals surface area (Å²) >= 11 is 0. The van der Waals surface area contributed by atoms with Gasteiger partial charge in [-0.25, -0.2) is 0 Å². The lowest BCUT2D eigenvalue weighted by Crippen LogP contribution is -2.00. The summed E-state index contributed by atoms with van der Waals surface area (Å²) in [5, 5.41) is 8.65. The van der Waals surface area contributed by atoms with Crippen LogP contribution in [0.2, 0.25) is 0 Å². The van der Waals surface area contributed by atoms with Gasteiger partial charge in [0.25, 0.3) is 0 Å². The fourth-order valence-corrected chi connectivity index (χ4v) is 1.80. The Morgan fingerprint density at radius 3 is 2.53 bits per heavy atom. The summed E-state index contributed by atoms with van der Waals surface area (Å²) in [7, 11) is 1.56. The van der Waals surface area contributed by atoms with Crippen LogP contribution in [-0.2, 0) is 0 Å². The lowest BCUT2D eigenvalue weighted by molar-refractivity contribution is 0.112. The van der Waals surface area contributed by atoms with Crippen molar-refractivity contribution in [2.45, 2.75) is 32.1 Å². The van der Waals surface area contributed by atoms with Gasteiger partial charge in [0.1, 0.15) is 6.29 Å². The first-order valence-corrected chi connectivity index (χ1v) is 6.68. The topological polar surface area (TPSA) is 55.8 Å². The second-order valence-electron chi connectivity index (χ2n) is 4.37. The molecule has 0 aliphatic rings. The molecule has 0 amide bonds. The molecular weight excluding hydrogens is 244 g/mol. The van der Waals surface area contributed by atoms with Crippen LogP contribution in [0.3, 0.4) is 0 Å². The normalized spacial score (nSPS) is 10.2. The highest BCUT2D eigenvalue weighted by molar-refractivity contribution is 5.76. The summed E-state index contributed by atoms with van der Waals surface area (Å²) in [6, 6.07) is 5.14. The van der Waals surface area contributed by atoms with Crippen molar-refractivity contribution in [3.05, 3.63) is 23.8 Å². The average molecular weight is 266 g/mol. The number of unbranched alkanes of at least 4 members (excludes halogenated alkanes) is 4. The van der Waals surface area contributed by atoms with Gasteiger partial charge < -0.3 is 14.6 Å². The van der Waals surface area contributed by atoms with Crippen molar-refractivity contribution in [2.24, 2.45) is 0 Å². The van der Waals surface area contributed by atoms with Crippen LogP contribution in [0, 0.1) is 0 Å². The quantitative estimate of drug-likeness (QED) is 0.522. The maximum Gasteiger partial charge on any atom is 0.161 e. The maximum absolute atomic E-state index is 10.7. The zero-order valence-corrected chi connectivity index (χ0v) is 11.4. The zero-order chi connectivity index (χ0) is 13.9. The van der Waals surface area contributed by atoms with Gasteiger partial charge in [0.05, 0.1) is 13.7 Å². The van der Waals surface area contributed by atoms with Crippen LogP contribution in [0.4, 0.5) is 0 Å². The molecule has 1 rings (SSSR count). The molecule has 0 saturated heterocycles. The van der Waals surface area contributed by atoms with Crippen LogP contribution in [-0.4, -0.2) is 31.7 Å². The molecule has 0 heterocycles. The summed E-state index contributed by atoms with van der Waals surface area (Å²) in [5.74, 6) is 1.26. The van der Waals surface area contributed by atoms with Gasteiger partial charge in [-0.2, -0.15) is 0 Å². The minimum atomic E-state index is 0.275. The number of methoxy groups -OCH3 is 1. The van der Waals surface area contributed by atoms with Crippen molar-refractivity contribution in [3.63, 3.8) is 0 Å². The molecule has 19 heavy (non-hydrogen) atoms. The fourth-order valence-electron chi connectivity index (χ4n) is 1.80. The van der Waals surface area contributed by atoms with Gasteiger partial charge >= 0.3 is 0 Å². The second kappa shape index (κ2) is 9.39. The van der Waals surface area contributed by atoms with E-state index in [0.29, 0.717) is 23.7 Å². The number of carbonyl (C=O) groups is 1. The molecule has 106 valence electrons. The number of aldehydes is 1. The zero-order valence-electron chi connectivity index (χ0n) is 11.4.